The lowest BCUT2D eigenvalue weighted by molar-refractivity contribution is -0.245. The Morgan fingerprint density at radius 2 is 1.00 bits per heavy atom. The van der Waals surface area contributed by atoms with E-state index < -0.39 is 64.5 Å². The Balaban J connectivity index is 1.86. The fraction of sp³-hybridized carbons (Fsp3) is 0.778. The van der Waals surface area contributed by atoms with Crippen molar-refractivity contribution in [3.05, 3.63) is 28.8 Å². The van der Waals surface area contributed by atoms with Gasteiger partial charge in [-0.1, -0.05) is 74.0 Å². The summed E-state index contributed by atoms with van der Waals surface area (Å²) in [4.78, 5) is 0. The van der Waals surface area contributed by atoms with Crippen LogP contribution in [0.25, 0.3) is 0 Å². The predicted molar refractivity (Wildman–Crippen MR) is 152 cm³/mol. The van der Waals surface area contributed by atoms with Gasteiger partial charge in [0.15, 0.2) is 0 Å². The van der Waals surface area contributed by atoms with Crippen molar-refractivity contribution in [1.29, 1.82) is 0 Å². The summed E-state index contributed by atoms with van der Waals surface area (Å²) >= 11 is 0. The minimum absolute atomic E-state index is 0.0825. The van der Waals surface area contributed by atoms with Gasteiger partial charge in [-0.25, -0.2) is 8.42 Å². The number of halogens is 6. The molecule has 0 atom stereocenters. The van der Waals surface area contributed by atoms with E-state index in [0.29, 0.717) is 51.4 Å². The van der Waals surface area contributed by atoms with Crippen molar-refractivity contribution >= 4 is 30.4 Å². The summed E-state index contributed by atoms with van der Waals surface area (Å²) in [6.07, 6.45) is 11.2. The monoisotopic (exact) mass is 713 g/mol. The molecule has 0 aromatic heterocycles. The molecule has 1 aromatic carbocycles. The topological polar surface area (TPSA) is 144 Å². The lowest BCUT2D eigenvalue weighted by Gasteiger charge is -2.34. The van der Waals surface area contributed by atoms with Gasteiger partial charge in [-0.15, -0.1) is 0 Å². The van der Waals surface area contributed by atoms with E-state index in [2.05, 4.69) is 0 Å². The van der Waals surface area contributed by atoms with Crippen molar-refractivity contribution in [1.82, 2.24) is 4.13 Å². The maximum Gasteiger partial charge on any atom is 0.450 e. The molecule has 1 aromatic rings. The van der Waals surface area contributed by atoms with Crippen molar-refractivity contribution in [2.75, 3.05) is 0 Å². The zero-order chi connectivity index (χ0) is 33.5. The first kappa shape index (κ1) is 36.2. The summed E-state index contributed by atoms with van der Waals surface area (Å²) in [5, 5.41) is -14.0. The van der Waals surface area contributed by atoms with E-state index in [1.54, 1.807) is 12.1 Å². The molecular formula is C27H37F6NO8S3. The Morgan fingerprint density at radius 1 is 0.622 bits per heavy atom. The highest BCUT2D eigenvalue weighted by molar-refractivity contribution is 8.03. The van der Waals surface area contributed by atoms with E-state index in [4.69, 9.17) is 8.74 Å². The fourth-order valence-electron chi connectivity index (χ4n) is 6.75. The van der Waals surface area contributed by atoms with Crippen molar-refractivity contribution in [2.24, 2.45) is 0 Å². The SMILES string of the molecule is O=S(=O)(O)NS(=O)(=O)C(F)(F)C(F)(F)C(F)(F)S(=O)(=O)Oc1c(C2CCCCC2)cc(C2CCCCC2)cc1C1CCCCC1. The molecule has 3 aliphatic carbocycles. The van der Waals surface area contributed by atoms with Crippen molar-refractivity contribution in [2.45, 2.75) is 130 Å². The molecule has 0 unspecified atom stereocenters. The number of hydrogen-bond donors (Lipinski definition) is 2. The number of alkyl halides is 6. The third kappa shape index (κ3) is 7.28. The maximum absolute atomic E-state index is 15.2. The van der Waals surface area contributed by atoms with Crippen LogP contribution in [0.15, 0.2) is 12.1 Å². The molecule has 9 nitrogen and oxygen atoms in total. The average molecular weight is 714 g/mol. The molecule has 3 aliphatic rings. The predicted octanol–water partition coefficient (Wildman–Crippen LogP) is 7.08. The van der Waals surface area contributed by atoms with Crippen LogP contribution in [-0.4, -0.2) is 46.2 Å². The van der Waals surface area contributed by atoms with E-state index in [9.17, 15) is 42.8 Å². The van der Waals surface area contributed by atoms with Crippen LogP contribution in [0.2, 0.25) is 0 Å². The number of benzene rings is 1. The minimum Gasteiger partial charge on any atom is -0.377 e. The van der Waals surface area contributed by atoms with E-state index in [1.807, 2.05) is 0 Å². The molecule has 0 aliphatic heterocycles. The van der Waals surface area contributed by atoms with Gasteiger partial charge < -0.3 is 4.18 Å². The van der Waals surface area contributed by atoms with Crippen LogP contribution in [0.1, 0.15) is 131 Å². The lowest BCUT2D eigenvalue weighted by atomic mass is 9.75. The molecule has 4 rings (SSSR count). The van der Waals surface area contributed by atoms with Crippen molar-refractivity contribution in [3.8, 4) is 5.75 Å². The second-order valence-electron chi connectivity index (χ2n) is 12.2. The summed E-state index contributed by atoms with van der Waals surface area (Å²) < 4.78 is 173. The van der Waals surface area contributed by atoms with Crippen LogP contribution in [0.5, 0.6) is 5.75 Å². The molecule has 3 fully saturated rings. The van der Waals surface area contributed by atoms with E-state index in [1.165, 1.54) is 0 Å². The van der Waals surface area contributed by atoms with Gasteiger partial charge in [0.25, 0.3) is 10.0 Å². The summed E-state index contributed by atoms with van der Waals surface area (Å²) in [6.45, 7) is 0. The average Bonchev–Trinajstić information content (AvgIpc) is 2.97. The summed E-state index contributed by atoms with van der Waals surface area (Å²) in [5.41, 5.74) is 1.24. The highest BCUT2D eigenvalue weighted by atomic mass is 32.3. The van der Waals surface area contributed by atoms with E-state index >= 15 is 8.78 Å². The number of rotatable bonds is 11. The standard InChI is InChI=1S/C27H37F6NO8S3/c28-25(29,26(30,31)43(35,36)34-45(39,40)41)27(32,33)44(37,38)42-24-22(19-12-6-2-7-13-19)16-21(18-10-4-1-5-11-18)17-23(24)20-14-8-3-9-15-20/h16-20,34H,1-15H2,(H,39,40,41). The second kappa shape index (κ2) is 13.1. The van der Waals surface area contributed by atoms with Crippen LogP contribution in [-0.2, 0) is 30.4 Å². The first-order valence-corrected chi connectivity index (χ1v) is 19.3. The Labute approximate surface area is 259 Å². The number of nitrogens with one attached hydrogen (secondary N) is 1. The van der Waals surface area contributed by atoms with Crippen LogP contribution in [0.3, 0.4) is 0 Å². The Morgan fingerprint density at radius 3 is 1.38 bits per heavy atom. The van der Waals surface area contributed by atoms with Crippen molar-refractivity contribution < 1.29 is 60.3 Å². The van der Waals surface area contributed by atoms with Gasteiger partial charge in [-0.05, 0) is 73.0 Å². The third-order valence-corrected chi connectivity index (χ3v) is 13.0. The molecule has 0 amide bonds. The smallest absolute Gasteiger partial charge is 0.377 e. The quantitative estimate of drug-likeness (QED) is 0.141. The van der Waals surface area contributed by atoms with Crippen LogP contribution in [0, 0.1) is 0 Å². The summed E-state index contributed by atoms with van der Waals surface area (Å²) in [5.74, 6) is -8.62. The molecule has 2 N–H and O–H groups in total. The van der Waals surface area contributed by atoms with Gasteiger partial charge in [0.1, 0.15) is 5.75 Å². The highest BCUT2D eigenvalue weighted by Gasteiger charge is 2.83. The maximum atomic E-state index is 15.2. The van der Waals surface area contributed by atoms with Crippen LogP contribution < -0.4 is 8.31 Å². The zero-order valence-corrected chi connectivity index (χ0v) is 26.7. The lowest BCUT2D eigenvalue weighted by Crippen LogP contribution is -2.63. The molecule has 0 heterocycles. The molecule has 0 radical (unpaired) electrons. The Kier molecular flexibility index (Phi) is 10.6. The van der Waals surface area contributed by atoms with Crippen LogP contribution >= 0.6 is 0 Å². The summed E-state index contributed by atoms with van der Waals surface area (Å²) in [7, 11) is -20.6. The van der Waals surface area contributed by atoms with Crippen molar-refractivity contribution in [3.63, 3.8) is 0 Å². The van der Waals surface area contributed by atoms with Gasteiger partial charge in [0, 0.05) is 0 Å². The molecule has 0 saturated heterocycles. The highest BCUT2D eigenvalue weighted by Crippen LogP contribution is 2.53. The normalized spacial score (nSPS) is 21.1. The second-order valence-corrected chi connectivity index (χ2v) is 17.0. The Hall–Kier alpha value is -1.63. The number of sulfonamides is 1. The largest absolute Gasteiger partial charge is 0.450 e. The first-order chi connectivity index (χ1) is 20.7. The molecule has 0 bridgehead atoms. The number of hydrogen-bond acceptors (Lipinski definition) is 7. The van der Waals surface area contributed by atoms with E-state index in [0.717, 1.165) is 50.5 Å². The van der Waals surface area contributed by atoms with Gasteiger partial charge in [0.2, 0.25) is 0 Å². The molecule has 45 heavy (non-hydrogen) atoms. The third-order valence-electron chi connectivity index (χ3n) is 9.13. The minimum atomic E-state index is -7.33. The van der Waals surface area contributed by atoms with Gasteiger partial charge in [0.05, 0.1) is 0 Å². The Bertz CT molecular complexity index is 1510. The van der Waals surface area contributed by atoms with Gasteiger partial charge in [-0.3, -0.25) is 4.55 Å². The molecule has 0 spiro atoms. The van der Waals surface area contributed by atoms with E-state index in [-0.39, 0.29) is 21.2 Å². The molecule has 258 valence electrons. The first-order valence-electron chi connectivity index (χ1n) is 15.0. The fourth-order valence-corrected chi connectivity index (χ4v) is 9.76. The summed E-state index contributed by atoms with van der Waals surface area (Å²) in [6, 6.07) is 3.29. The van der Waals surface area contributed by atoms with Gasteiger partial charge >= 0.3 is 36.9 Å². The zero-order valence-electron chi connectivity index (χ0n) is 24.3. The molecular weight excluding hydrogens is 676 g/mol. The molecule has 3 saturated carbocycles. The molecule has 18 heteroatoms. The van der Waals surface area contributed by atoms with Crippen LogP contribution in [0.4, 0.5) is 26.3 Å². The van der Waals surface area contributed by atoms with Gasteiger partial charge in [-0.2, -0.15) is 43.2 Å².